The highest BCUT2D eigenvalue weighted by molar-refractivity contribution is 7.88. The summed E-state index contributed by atoms with van der Waals surface area (Å²) < 4.78 is 25.4. The fourth-order valence-corrected chi connectivity index (χ4v) is 4.50. The number of aryl methyl sites for hydroxylation is 1. The molecule has 1 aliphatic heterocycles. The zero-order chi connectivity index (χ0) is 22.8. The molecule has 0 aliphatic carbocycles. The molecule has 0 unspecified atom stereocenters. The maximum atomic E-state index is 13.3. The lowest BCUT2D eigenvalue weighted by molar-refractivity contribution is -0.153. The van der Waals surface area contributed by atoms with Crippen molar-refractivity contribution in [3.63, 3.8) is 0 Å². The Bertz CT molecular complexity index is 1070. The van der Waals surface area contributed by atoms with Crippen molar-refractivity contribution >= 4 is 33.4 Å². The van der Waals surface area contributed by atoms with Crippen LogP contribution in [0.4, 0.5) is 0 Å². The molecule has 2 aromatic carbocycles. The maximum Gasteiger partial charge on any atom is 0.247 e. The third-order valence-corrected chi connectivity index (χ3v) is 6.93. The van der Waals surface area contributed by atoms with E-state index in [9.17, 15) is 18.0 Å². The van der Waals surface area contributed by atoms with Crippen LogP contribution in [0.1, 0.15) is 23.6 Å². The normalized spacial score (nSPS) is 20.0. The molecule has 9 heteroatoms. The summed E-state index contributed by atoms with van der Waals surface area (Å²) in [6.07, 6.45) is 1.04. The van der Waals surface area contributed by atoms with E-state index in [4.69, 9.17) is 11.6 Å². The molecule has 1 heterocycles. The van der Waals surface area contributed by atoms with Crippen LogP contribution in [0.15, 0.2) is 48.5 Å². The number of hydrogen-bond acceptors (Lipinski definition) is 4. The van der Waals surface area contributed by atoms with Gasteiger partial charge in [-0.05, 0) is 37.1 Å². The van der Waals surface area contributed by atoms with E-state index in [1.54, 1.807) is 31.2 Å². The van der Waals surface area contributed by atoms with Crippen molar-refractivity contribution in [1.29, 1.82) is 0 Å². The van der Waals surface area contributed by atoms with Gasteiger partial charge in [-0.2, -0.15) is 4.31 Å². The SMILES string of the molecule is Cc1ccc(CNC(=O)[C@]2(C)CN(S(C)(=O)=O)CC(=O)N2Cc2ccc(Cl)cc2)cc1. The first-order chi connectivity index (χ1) is 14.5. The van der Waals surface area contributed by atoms with Gasteiger partial charge in [0.25, 0.3) is 0 Å². The van der Waals surface area contributed by atoms with Crippen LogP contribution in [0.5, 0.6) is 0 Å². The monoisotopic (exact) mass is 463 g/mol. The Hall–Kier alpha value is -2.42. The molecular formula is C22H26ClN3O4S. The van der Waals surface area contributed by atoms with E-state index in [0.717, 1.165) is 27.3 Å². The van der Waals surface area contributed by atoms with Crippen LogP contribution in [0, 0.1) is 6.92 Å². The van der Waals surface area contributed by atoms with E-state index >= 15 is 0 Å². The van der Waals surface area contributed by atoms with Crippen LogP contribution in [-0.2, 0) is 32.7 Å². The molecule has 0 spiro atoms. The molecule has 0 saturated carbocycles. The van der Waals surface area contributed by atoms with Crippen molar-refractivity contribution < 1.29 is 18.0 Å². The Morgan fingerprint density at radius 2 is 1.68 bits per heavy atom. The van der Waals surface area contributed by atoms with Crippen LogP contribution in [-0.4, -0.2) is 54.3 Å². The molecule has 2 aromatic rings. The topological polar surface area (TPSA) is 86.8 Å². The first-order valence-electron chi connectivity index (χ1n) is 9.83. The molecule has 1 fully saturated rings. The summed E-state index contributed by atoms with van der Waals surface area (Å²) in [5, 5.41) is 3.44. The zero-order valence-corrected chi connectivity index (χ0v) is 19.3. The van der Waals surface area contributed by atoms with Gasteiger partial charge in [-0.25, -0.2) is 8.42 Å². The minimum atomic E-state index is -3.65. The minimum absolute atomic E-state index is 0.120. The van der Waals surface area contributed by atoms with Gasteiger partial charge in [-0.15, -0.1) is 0 Å². The van der Waals surface area contributed by atoms with Crippen molar-refractivity contribution in [1.82, 2.24) is 14.5 Å². The summed E-state index contributed by atoms with van der Waals surface area (Å²) in [6.45, 7) is 3.60. The number of halogens is 1. The van der Waals surface area contributed by atoms with Gasteiger partial charge < -0.3 is 10.2 Å². The average Bonchev–Trinajstić information content (AvgIpc) is 2.70. The van der Waals surface area contributed by atoms with Crippen LogP contribution < -0.4 is 5.32 Å². The van der Waals surface area contributed by atoms with Crippen molar-refractivity contribution in [2.24, 2.45) is 0 Å². The molecule has 0 radical (unpaired) electrons. The Morgan fingerprint density at radius 3 is 2.26 bits per heavy atom. The fourth-order valence-electron chi connectivity index (χ4n) is 3.54. The molecule has 0 aromatic heterocycles. The van der Waals surface area contributed by atoms with Crippen molar-refractivity contribution in [3.05, 3.63) is 70.2 Å². The van der Waals surface area contributed by atoms with Gasteiger partial charge in [-0.3, -0.25) is 9.59 Å². The molecular weight excluding hydrogens is 438 g/mol. The molecule has 3 rings (SSSR count). The molecule has 1 saturated heterocycles. The Balaban J connectivity index is 1.87. The van der Waals surface area contributed by atoms with Crippen LogP contribution in [0.3, 0.4) is 0 Å². The molecule has 166 valence electrons. The average molecular weight is 464 g/mol. The predicted octanol–water partition coefficient (Wildman–Crippen LogP) is 2.33. The van der Waals surface area contributed by atoms with Crippen molar-refractivity contribution in [2.75, 3.05) is 19.3 Å². The van der Waals surface area contributed by atoms with E-state index in [-0.39, 0.29) is 26.2 Å². The van der Waals surface area contributed by atoms with Crippen LogP contribution >= 0.6 is 11.6 Å². The number of piperazine rings is 1. The van der Waals surface area contributed by atoms with Gasteiger partial charge in [0.15, 0.2) is 0 Å². The number of benzene rings is 2. The highest BCUT2D eigenvalue weighted by atomic mass is 35.5. The summed E-state index contributed by atoms with van der Waals surface area (Å²) in [4.78, 5) is 27.7. The summed E-state index contributed by atoms with van der Waals surface area (Å²) in [7, 11) is -3.65. The molecule has 0 bridgehead atoms. The standard InChI is InChI=1S/C22H26ClN3O4S/c1-16-4-6-17(7-5-16)12-24-21(28)22(2)15-25(31(3,29)30)14-20(27)26(22)13-18-8-10-19(23)11-9-18/h4-11H,12-15H2,1-3H3,(H,24,28)/t22-/m0/s1. The van der Waals surface area contributed by atoms with Crippen molar-refractivity contribution in [2.45, 2.75) is 32.5 Å². The smallest absolute Gasteiger partial charge is 0.247 e. The van der Waals surface area contributed by atoms with Gasteiger partial charge in [0, 0.05) is 24.7 Å². The zero-order valence-electron chi connectivity index (χ0n) is 17.8. The summed E-state index contributed by atoms with van der Waals surface area (Å²) in [5.74, 6) is -0.844. The summed E-state index contributed by atoms with van der Waals surface area (Å²) in [6, 6.07) is 14.7. The molecule has 2 amide bonds. The van der Waals surface area contributed by atoms with Crippen LogP contribution in [0.25, 0.3) is 0 Å². The highest BCUT2D eigenvalue weighted by Crippen LogP contribution is 2.27. The molecule has 1 N–H and O–H groups in total. The Kier molecular flexibility index (Phi) is 6.73. The van der Waals surface area contributed by atoms with Gasteiger partial charge in [0.1, 0.15) is 5.54 Å². The third-order valence-electron chi connectivity index (χ3n) is 5.48. The number of amides is 2. The molecule has 1 aliphatic rings. The van der Waals surface area contributed by atoms with E-state index in [1.807, 2.05) is 31.2 Å². The first kappa shape index (κ1) is 23.2. The van der Waals surface area contributed by atoms with Crippen LogP contribution in [0.2, 0.25) is 5.02 Å². The second-order valence-corrected chi connectivity index (χ2v) is 10.5. The van der Waals surface area contributed by atoms with E-state index in [2.05, 4.69) is 5.32 Å². The third kappa shape index (κ3) is 5.44. The number of nitrogens with zero attached hydrogens (tertiary/aromatic N) is 2. The van der Waals surface area contributed by atoms with E-state index in [0.29, 0.717) is 5.02 Å². The number of nitrogens with one attached hydrogen (secondary N) is 1. The largest absolute Gasteiger partial charge is 0.350 e. The predicted molar refractivity (Wildman–Crippen MR) is 120 cm³/mol. The summed E-state index contributed by atoms with van der Waals surface area (Å²) >= 11 is 5.95. The lowest BCUT2D eigenvalue weighted by atomic mass is 9.94. The number of hydrogen-bond donors (Lipinski definition) is 1. The molecule has 7 nitrogen and oxygen atoms in total. The minimum Gasteiger partial charge on any atom is -0.350 e. The van der Waals surface area contributed by atoms with Gasteiger partial charge in [-0.1, -0.05) is 53.6 Å². The summed E-state index contributed by atoms with van der Waals surface area (Å²) in [5.41, 5.74) is 1.44. The van der Waals surface area contributed by atoms with Crippen molar-refractivity contribution in [3.8, 4) is 0 Å². The lowest BCUT2D eigenvalue weighted by Crippen LogP contribution is -2.69. The molecule has 31 heavy (non-hydrogen) atoms. The lowest BCUT2D eigenvalue weighted by Gasteiger charge is -2.46. The highest BCUT2D eigenvalue weighted by Gasteiger charge is 2.49. The Labute approximate surface area is 188 Å². The maximum absolute atomic E-state index is 13.3. The van der Waals surface area contributed by atoms with Gasteiger partial charge in [0.2, 0.25) is 21.8 Å². The van der Waals surface area contributed by atoms with E-state index in [1.165, 1.54) is 4.90 Å². The fraction of sp³-hybridized carbons (Fsp3) is 0.364. The second-order valence-electron chi connectivity index (χ2n) is 8.08. The van der Waals surface area contributed by atoms with Gasteiger partial charge >= 0.3 is 0 Å². The second kappa shape index (κ2) is 8.98. The Morgan fingerprint density at radius 1 is 1.10 bits per heavy atom. The quantitative estimate of drug-likeness (QED) is 0.712. The number of rotatable bonds is 6. The number of carbonyl (C=O) groups excluding carboxylic acids is 2. The number of sulfonamides is 1. The molecule has 1 atom stereocenters. The number of carbonyl (C=O) groups is 2. The first-order valence-corrected chi connectivity index (χ1v) is 12.1. The van der Waals surface area contributed by atoms with E-state index < -0.39 is 27.4 Å². The van der Waals surface area contributed by atoms with Gasteiger partial charge in [0.05, 0.1) is 12.8 Å².